The molecule has 1 saturated carbocycles. The lowest BCUT2D eigenvalue weighted by Gasteiger charge is -2.10. The molecule has 1 aliphatic heterocycles. The fourth-order valence-corrected chi connectivity index (χ4v) is 3.09. The average Bonchev–Trinajstić information content (AvgIpc) is 2.82. The lowest BCUT2D eigenvalue weighted by atomic mass is 10.2. The molecule has 1 aromatic rings. The van der Waals surface area contributed by atoms with Gasteiger partial charge in [-0.1, -0.05) is 0 Å². The summed E-state index contributed by atoms with van der Waals surface area (Å²) >= 11 is 3.40. The zero-order valence-electron chi connectivity index (χ0n) is 10.5. The number of rotatable bonds is 3. The van der Waals surface area contributed by atoms with Crippen molar-refractivity contribution >= 4 is 34.2 Å². The number of hydrogen-bond donors (Lipinski definition) is 2. The number of amides is 1. The Bertz CT molecular complexity index is 488. The first-order valence-electron chi connectivity index (χ1n) is 6.06. The highest BCUT2D eigenvalue weighted by Gasteiger charge is 2.53. The van der Waals surface area contributed by atoms with Gasteiger partial charge in [0.2, 0.25) is 0 Å². The second kappa shape index (κ2) is 5.69. The van der Waals surface area contributed by atoms with Crippen LogP contribution in [0.15, 0.2) is 22.7 Å². The van der Waals surface area contributed by atoms with Gasteiger partial charge in [0.15, 0.2) is 0 Å². The van der Waals surface area contributed by atoms with E-state index in [2.05, 4.69) is 26.6 Å². The van der Waals surface area contributed by atoms with Gasteiger partial charge in [-0.15, -0.1) is 12.4 Å². The summed E-state index contributed by atoms with van der Waals surface area (Å²) in [7, 11) is 1.60. The SMILES string of the molecule is COc1ccc(Br)c(C(=O)NC2C3CNCC32)c1.Cl. The van der Waals surface area contributed by atoms with Crippen molar-refractivity contribution in [3.63, 3.8) is 0 Å². The minimum Gasteiger partial charge on any atom is -0.497 e. The first kappa shape index (κ1) is 14.6. The van der Waals surface area contributed by atoms with Crippen molar-refractivity contribution in [1.29, 1.82) is 0 Å². The molecule has 1 aliphatic carbocycles. The Kier molecular flexibility index (Phi) is 4.38. The molecule has 4 nitrogen and oxygen atoms in total. The van der Waals surface area contributed by atoms with Crippen LogP contribution in [0.4, 0.5) is 0 Å². The fraction of sp³-hybridized carbons (Fsp3) is 0.462. The predicted octanol–water partition coefficient (Wildman–Crippen LogP) is 1.83. The molecule has 0 radical (unpaired) electrons. The van der Waals surface area contributed by atoms with Gasteiger partial charge in [0.1, 0.15) is 5.75 Å². The number of hydrogen-bond acceptors (Lipinski definition) is 3. The van der Waals surface area contributed by atoms with Crippen LogP contribution in [0.5, 0.6) is 5.75 Å². The molecule has 2 N–H and O–H groups in total. The Hall–Kier alpha value is -0.780. The van der Waals surface area contributed by atoms with E-state index in [0.29, 0.717) is 29.2 Å². The molecule has 19 heavy (non-hydrogen) atoms. The highest BCUT2D eigenvalue weighted by Crippen LogP contribution is 2.41. The molecule has 1 aromatic carbocycles. The summed E-state index contributed by atoms with van der Waals surface area (Å²) in [6.07, 6.45) is 0. The van der Waals surface area contributed by atoms with Crippen molar-refractivity contribution < 1.29 is 9.53 Å². The molecule has 2 unspecified atom stereocenters. The van der Waals surface area contributed by atoms with Gasteiger partial charge >= 0.3 is 0 Å². The maximum Gasteiger partial charge on any atom is 0.252 e. The predicted molar refractivity (Wildman–Crippen MR) is 79.0 cm³/mol. The highest BCUT2D eigenvalue weighted by molar-refractivity contribution is 9.10. The van der Waals surface area contributed by atoms with Crippen LogP contribution in [0, 0.1) is 11.8 Å². The molecule has 2 aliphatic rings. The lowest BCUT2D eigenvalue weighted by Crippen LogP contribution is -2.32. The first-order valence-corrected chi connectivity index (χ1v) is 6.85. The summed E-state index contributed by atoms with van der Waals surface area (Å²) in [5.41, 5.74) is 0.632. The number of nitrogens with one attached hydrogen (secondary N) is 2. The van der Waals surface area contributed by atoms with E-state index < -0.39 is 0 Å². The second-order valence-corrected chi connectivity index (χ2v) is 5.69. The summed E-state index contributed by atoms with van der Waals surface area (Å²) in [5, 5.41) is 6.41. The van der Waals surface area contributed by atoms with Gasteiger partial charge in [0.05, 0.1) is 12.7 Å². The average molecular weight is 348 g/mol. The van der Waals surface area contributed by atoms with E-state index in [1.165, 1.54) is 0 Å². The van der Waals surface area contributed by atoms with Crippen LogP contribution < -0.4 is 15.4 Å². The zero-order chi connectivity index (χ0) is 12.7. The van der Waals surface area contributed by atoms with Crippen LogP contribution in [0.1, 0.15) is 10.4 Å². The second-order valence-electron chi connectivity index (χ2n) is 4.83. The largest absolute Gasteiger partial charge is 0.497 e. The van der Waals surface area contributed by atoms with Gasteiger partial charge in [-0.2, -0.15) is 0 Å². The highest BCUT2D eigenvalue weighted by atomic mass is 79.9. The van der Waals surface area contributed by atoms with E-state index >= 15 is 0 Å². The van der Waals surface area contributed by atoms with Crippen LogP contribution in [0.2, 0.25) is 0 Å². The van der Waals surface area contributed by atoms with Crippen LogP contribution in [0.25, 0.3) is 0 Å². The Morgan fingerprint density at radius 1 is 1.42 bits per heavy atom. The number of fused-ring (bicyclic) bond motifs is 1. The normalized spacial score (nSPS) is 27.2. The standard InChI is InChI=1S/C13H15BrN2O2.ClH/c1-18-7-2-3-11(14)8(4-7)13(17)16-12-9-5-15-6-10(9)12;/h2-4,9-10,12,15H,5-6H2,1H3,(H,16,17);1H. The molecular formula is C13H16BrClN2O2. The van der Waals surface area contributed by atoms with Crippen molar-refractivity contribution in [2.75, 3.05) is 20.2 Å². The third-order valence-corrected chi connectivity index (χ3v) is 4.50. The van der Waals surface area contributed by atoms with Gasteiger partial charge in [-0.3, -0.25) is 4.79 Å². The molecule has 3 rings (SSSR count). The summed E-state index contributed by atoms with van der Waals surface area (Å²) < 4.78 is 5.94. The topological polar surface area (TPSA) is 50.4 Å². The number of piperidine rings is 1. The maximum atomic E-state index is 12.2. The minimum atomic E-state index is -0.0276. The quantitative estimate of drug-likeness (QED) is 0.877. The number of carbonyl (C=O) groups excluding carboxylic acids is 1. The van der Waals surface area contributed by atoms with Crippen LogP contribution >= 0.6 is 28.3 Å². The molecule has 2 fully saturated rings. The van der Waals surface area contributed by atoms with Crippen molar-refractivity contribution in [3.05, 3.63) is 28.2 Å². The Labute approximate surface area is 126 Å². The zero-order valence-corrected chi connectivity index (χ0v) is 12.9. The van der Waals surface area contributed by atoms with Crippen LogP contribution in [-0.4, -0.2) is 32.1 Å². The summed E-state index contributed by atoms with van der Waals surface area (Å²) in [4.78, 5) is 12.2. The van der Waals surface area contributed by atoms with Gasteiger partial charge in [0, 0.05) is 23.6 Å². The van der Waals surface area contributed by atoms with Crippen molar-refractivity contribution in [2.24, 2.45) is 11.8 Å². The van der Waals surface area contributed by atoms with Crippen LogP contribution in [-0.2, 0) is 0 Å². The smallest absolute Gasteiger partial charge is 0.252 e. The summed E-state index contributed by atoms with van der Waals surface area (Å²) in [6.45, 7) is 2.05. The fourth-order valence-electron chi connectivity index (χ4n) is 2.67. The van der Waals surface area contributed by atoms with Crippen molar-refractivity contribution in [1.82, 2.24) is 10.6 Å². The molecule has 0 spiro atoms. The third kappa shape index (κ3) is 2.73. The molecule has 2 atom stereocenters. The maximum absolute atomic E-state index is 12.2. The summed E-state index contributed by atoms with van der Waals surface area (Å²) in [5.74, 6) is 1.91. The number of methoxy groups -OCH3 is 1. The van der Waals surface area contributed by atoms with Crippen molar-refractivity contribution in [2.45, 2.75) is 6.04 Å². The molecule has 1 amide bonds. The summed E-state index contributed by atoms with van der Waals surface area (Å²) in [6, 6.07) is 5.77. The number of carbonyl (C=O) groups is 1. The van der Waals surface area contributed by atoms with E-state index in [0.717, 1.165) is 17.6 Å². The first-order chi connectivity index (χ1) is 8.70. The molecule has 1 saturated heterocycles. The van der Waals surface area contributed by atoms with E-state index in [1.54, 1.807) is 13.2 Å². The lowest BCUT2D eigenvalue weighted by molar-refractivity contribution is 0.0945. The van der Waals surface area contributed by atoms with E-state index in [9.17, 15) is 4.79 Å². The van der Waals surface area contributed by atoms with Crippen molar-refractivity contribution in [3.8, 4) is 5.75 Å². The molecule has 0 aromatic heterocycles. The number of benzene rings is 1. The monoisotopic (exact) mass is 346 g/mol. The number of halogens is 2. The molecule has 0 bridgehead atoms. The van der Waals surface area contributed by atoms with E-state index in [-0.39, 0.29) is 18.3 Å². The molecule has 104 valence electrons. The van der Waals surface area contributed by atoms with Gasteiger partial charge in [-0.05, 0) is 46.0 Å². The van der Waals surface area contributed by atoms with Gasteiger partial charge in [-0.25, -0.2) is 0 Å². The third-order valence-electron chi connectivity index (χ3n) is 3.81. The van der Waals surface area contributed by atoms with Gasteiger partial charge in [0.25, 0.3) is 5.91 Å². The van der Waals surface area contributed by atoms with Gasteiger partial charge < -0.3 is 15.4 Å². The number of ether oxygens (including phenoxy) is 1. The van der Waals surface area contributed by atoms with E-state index in [4.69, 9.17) is 4.74 Å². The van der Waals surface area contributed by atoms with E-state index in [1.807, 2.05) is 12.1 Å². The van der Waals surface area contributed by atoms with Crippen LogP contribution in [0.3, 0.4) is 0 Å². The Balaban J connectivity index is 0.00000133. The molecular weight excluding hydrogens is 332 g/mol. The Morgan fingerprint density at radius 2 is 2.11 bits per heavy atom. The molecule has 1 heterocycles. The minimum absolute atomic E-state index is 0. The molecule has 6 heteroatoms. The Morgan fingerprint density at radius 3 is 2.74 bits per heavy atom.